The van der Waals surface area contributed by atoms with Gasteiger partial charge in [-0.05, 0) is 13.8 Å². The lowest BCUT2D eigenvalue weighted by Gasteiger charge is -2.18. The van der Waals surface area contributed by atoms with Crippen molar-refractivity contribution in [2.75, 3.05) is 0 Å². The zero-order chi connectivity index (χ0) is 6.78. The molecule has 0 spiro atoms. The van der Waals surface area contributed by atoms with E-state index in [4.69, 9.17) is 5.26 Å². The van der Waals surface area contributed by atoms with Gasteiger partial charge in [0.15, 0.2) is 0 Å². The summed E-state index contributed by atoms with van der Waals surface area (Å²) >= 11 is 0. The Hall–Kier alpha value is -0.380. The molecule has 0 saturated carbocycles. The van der Waals surface area contributed by atoms with Crippen LogP contribution in [0.1, 0.15) is 13.8 Å². The van der Waals surface area contributed by atoms with Gasteiger partial charge in [-0.15, -0.1) is 0 Å². The van der Waals surface area contributed by atoms with Crippen LogP contribution >= 0.6 is 0 Å². The SMILES string of the molecule is BC(B)C(C)(C)C#N. The Kier molecular flexibility index (Phi) is 2.15. The second-order valence-electron chi connectivity index (χ2n) is 2.99. The lowest BCUT2D eigenvalue weighted by Crippen LogP contribution is -2.16. The number of hydrogen-bond donors (Lipinski definition) is 0. The van der Waals surface area contributed by atoms with E-state index in [2.05, 4.69) is 21.8 Å². The lowest BCUT2D eigenvalue weighted by atomic mass is 9.57. The van der Waals surface area contributed by atoms with Crippen LogP contribution in [0.15, 0.2) is 0 Å². The van der Waals surface area contributed by atoms with Crippen molar-refractivity contribution >= 4 is 15.7 Å². The maximum Gasteiger partial charge on any atom is 0.0976 e. The minimum absolute atomic E-state index is 0.153. The Labute approximate surface area is 52.9 Å². The van der Waals surface area contributed by atoms with E-state index in [0.29, 0.717) is 5.72 Å². The van der Waals surface area contributed by atoms with Gasteiger partial charge in [-0.3, -0.25) is 0 Å². The summed E-state index contributed by atoms with van der Waals surface area (Å²) in [5.74, 6) is 0. The summed E-state index contributed by atoms with van der Waals surface area (Å²) < 4.78 is 0. The molecule has 0 bridgehead atoms. The third-order valence-corrected chi connectivity index (χ3v) is 1.73. The van der Waals surface area contributed by atoms with E-state index in [1.54, 1.807) is 0 Å². The Morgan fingerprint density at radius 2 is 1.88 bits per heavy atom. The smallest absolute Gasteiger partial charge is 0.0976 e. The molecule has 0 N–H and O–H groups in total. The van der Waals surface area contributed by atoms with Gasteiger partial charge in [-0.1, -0.05) is 5.72 Å². The molecule has 0 aliphatic carbocycles. The highest BCUT2D eigenvalue weighted by Gasteiger charge is 2.20. The van der Waals surface area contributed by atoms with Gasteiger partial charge in [-0.25, -0.2) is 0 Å². The van der Waals surface area contributed by atoms with Crippen molar-refractivity contribution in [3.63, 3.8) is 0 Å². The van der Waals surface area contributed by atoms with Crippen LogP contribution in [0.5, 0.6) is 0 Å². The molecule has 0 unspecified atom stereocenters. The molecule has 0 radical (unpaired) electrons. The summed E-state index contributed by atoms with van der Waals surface area (Å²) in [5.41, 5.74) is 0.299. The van der Waals surface area contributed by atoms with Crippen molar-refractivity contribution in [2.45, 2.75) is 19.6 Å². The predicted molar refractivity (Wildman–Crippen MR) is 40.2 cm³/mol. The normalized spacial score (nSPS) is 11.2. The molecule has 1 nitrogen and oxygen atoms in total. The summed E-state index contributed by atoms with van der Waals surface area (Å²) in [6.07, 6.45) is 0. The van der Waals surface area contributed by atoms with Gasteiger partial charge in [0.25, 0.3) is 0 Å². The molecule has 0 aliphatic rings. The summed E-state index contributed by atoms with van der Waals surface area (Å²) in [5, 5.41) is 8.51. The molecule has 0 rings (SSSR count). The summed E-state index contributed by atoms with van der Waals surface area (Å²) in [4.78, 5) is 0. The molecule has 0 amide bonds. The first-order valence-corrected chi connectivity index (χ1v) is 2.92. The summed E-state index contributed by atoms with van der Waals surface area (Å²) in [7, 11) is 4.12. The third-order valence-electron chi connectivity index (χ3n) is 1.73. The molecule has 0 atom stereocenters. The Bertz CT molecular complexity index is 112. The van der Waals surface area contributed by atoms with Crippen LogP contribution < -0.4 is 0 Å². The van der Waals surface area contributed by atoms with E-state index >= 15 is 0 Å². The second-order valence-corrected chi connectivity index (χ2v) is 2.99. The monoisotopic (exact) mass is 107 g/mol. The van der Waals surface area contributed by atoms with Crippen molar-refractivity contribution < 1.29 is 0 Å². The highest BCUT2D eigenvalue weighted by molar-refractivity contribution is 6.36. The van der Waals surface area contributed by atoms with E-state index in [1.807, 2.05) is 13.8 Å². The molecule has 0 saturated heterocycles. The topological polar surface area (TPSA) is 23.8 Å². The van der Waals surface area contributed by atoms with Crippen LogP contribution in [0.2, 0.25) is 5.72 Å². The number of nitrogens with zero attached hydrogens (tertiary/aromatic N) is 1. The van der Waals surface area contributed by atoms with Crippen molar-refractivity contribution in [3.05, 3.63) is 0 Å². The number of nitriles is 1. The van der Waals surface area contributed by atoms with E-state index in [-0.39, 0.29) is 5.41 Å². The number of hydrogen-bond acceptors (Lipinski definition) is 1. The average Bonchev–Trinajstić information content (AvgIpc) is 1.67. The maximum absolute atomic E-state index is 8.51. The Morgan fingerprint density at radius 1 is 1.50 bits per heavy atom. The predicted octanol–water partition coefficient (Wildman–Crippen LogP) is -0.452. The fraction of sp³-hybridized carbons (Fsp3) is 0.800. The minimum atomic E-state index is -0.153. The molecule has 0 aromatic carbocycles. The minimum Gasteiger partial charge on any atom is -0.198 e. The van der Waals surface area contributed by atoms with E-state index < -0.39 is 0 Å². The summed E-state index contributed by atoms with van der Waals surface area (Å²) in [6.45, 7) is 3.91. The van der Waals surface area contributed by atoms with Crippen LogP contribution in [0.25, 0.3) is 0 Å². The third kappa shape index (κ3) is 1.61. The van der Waals surface area contributed by atoms with Crippen LogP contribution in [-0.4, -0.2) is 15.7 Å². The molecule has 42 valence electrons. The van der Waals surface area contributed by atoms with Crippen LogP contribution in [0.3, 0.4) is 0 Å². The van der Waals surface area contributed by atoms with Gasteiger partial charge in [0.2, 0.25) is 0 Å². The molecule has 0 aliphatic heterocycles. The van der Waals surface area contributed by atoms with Crippen LogP contribution in [-0.2, 0) is 0 Å². The fourth-order valence-corrected chi connectivity index (χ4v) is 0.129. The first kappa shape index (κ1) is 7.62. The zero-order valence-electron chi connectivity index (χ0n) is 6.02. The van der Waals surface area contributed by atoms with E-state index in [0.717, 1.165) is 0 Å². The van der Waals surface area contributed by atoms with Gasteiger partial charge in [0.1, 0.15) is 0 Å². The van der Waals surface area contributed by atoms with Gasteiger partial charge < -0.3 is 0 Å². The zero-order valence-corrected chi connectivity index (χ0v) is 6.02. The Morgan fingerprint density at radius 3 is 1.88 bits per heavy atom. The van der Waals surface area contributed by atoms with Gasteiger partial charge >= 0.3 is 0 Å². The second kappa shape index (κ2) is 2.26. The van der Waals surface area contributed by atoms with Crippen LogP contribution in [0, 0.1) is 16.7 Å². The first-order chi connectivity index (χ1) is 3.50. The molecule has 3 heteroatoms. The molecular formula is C5H11B2N. The molecule has 0 aromatic rings. The van der Waals surface area contributed by atoms with E-state index in [1.165, 1.54) is 0 Å². The molecular weight excluding hydrogens is 95.7 g/mol. The highest BCUT2D eigenvalue weighted by Crippen LogP contribution is 2.24. The standard InChI is InChI=1S/C5H11B2N/c1-5(2,3-8)4(6)7/h4H,6-7H2,1-2H3. The van der Waals surface area contributed by atoms with Crippen molar-refractivity contribution in [1.29, 1.82) is 5.26 Å². The van der Waals surface area contributed by atoms with Crippen molar-refractivity contribution in [1.82, 2.24) is 0 Å². The molecule has 0 aromatic heterocycles. The quantitative estimate of drug-likeness (QED) is 0.416. The van der Waals surface area contributed by atoms with Crippen molar-refractivity contribution in [2.24, 2.45) is 5.41 Å². The van der Waals surface area contributed by atoms with Gasteiger partial charge in [-0.2, -0.15) is 5.26 Å². The number of rotatable bonds is 1. The molecule has 0 fully saturated rings. The van der Waals surface area contributed by atoms with Crippen molar-refractivity contribution in [3.8, 4) is 6.07 Å². The average molecular weight is 107 g/mol. The highest BCUT2D eigenvalue weighted by atomic mass is 14.3. The largest absolute Gasteiger partial charge is 0.198 e. The molecule has 8 heavy (non-hydrogen) atoms. The van der Waals surface area contributed by atoms with E-state index in [9.17, 15) is 0 Å². The lowest BCUT2D eigenvalue weighted by molar-refractivity contribution is 0.533. The van der Waals surface area contributed by atoms with Gasteiger partial charge in [0.05, 0.1) is 21.8 Å². The maximum atomic E-state index is 8.51. The van der Waals surface area contributed by atoms with Crippen LogP contribution in [0.4, 0.5) is 0 Å². The molecule has 0 heterocycles. The fourth-order valence-electron chi connectivity index (χ4n) is 0.129. The summed E-state index contributed by atoms with van der Waals surface area (Å²) in [6, 6.07) is 2.24. The Balaban J connectivity index is 3.97. The van der Waals surface area contributed by atoms with Gasteiger partial charge in [0, 0.05) is 5.41 Å². The first-order valence-electron chi connectivity index (χ1n) is 2.92.